The van der Waals surface area contributed by atoms with Crippen molar-refractivity contribution >= 4 is 28.0 Å². The van der Waals surface area contributed by atoms with E-state index in [9.17, 15) is 105 Å². The molecule has 4 aromatic rings. The number of aliphatic hydroxyl groups is 2. The molecule has 0 spiro atoms. The van der Waals surface area contributed by atoms with Crippen LogP contribution in [0.5, 0.6) is 0 Å². The molecule has 0 atom stereocenters. The Bertz CT molecular complexity index is 1760. The second-order valence-corrected chi connectivity index (χ2v) is 13.1. The molecule has 0 amide bonds. The lowest BCUT2D eigenvalue weighted by atomic mass is 9.12. The lowest BCUT2D eigenvalue weighted by Crippen LogP contribution is -2.75. The predicted molar refractivity (Wildman–Crippen MR) is 173 cm³/mol. The summed E-state index contributed by atoms with van der Waals surface area (Å²) in [5.74, 6) is 0. The van der Waals surface area contributed by atoms with Crippen LogP contribution >= 0.6 is 0 Å². The van der Waals surface area contributed by atoms with Gasteiger partial charge in [-0.2, -0.15) is 127 Å². The molecule has 0 heterocycles. The number of hydrogen-bond donors (Lipinski definition) is 0. The molecule has 0 aliphatic rings. The Balaban J connectivity index is 0.00000193. The molecule has 344 valence electrons. The molecular weight excluding hydrogens is 915 g/mol. The maximum absolute atomic E-state index is 14.2. The first-order valence-electron chi connectivity index (χ1n) is 16.7. The Hall–Kier alpha value is -4.78. The van der Waals surface area contributed by atoms with Crippen LogP contribution in [0.4, 0.5) is 105 Å². The zero-order valence-corrected chi connectivity index (χ0v) is 30.4. The Kier molecular flexibility index (Phi) is 14.2. The average Bonchev–Trinajstić information content (AvgIpc) is 3.09. The van der Waals surface area contributed by atoms with Gasteiger partial charge in [-0.05, 0) is 24.3 Å². The predicted octanol–water partition coefficient (Wildman–Crippen LogP) is 11.8. The van der Waals surface area contributed by atoms with Gasteiger partial charge in [0.05, 0.1) is 44.5 Å². The van der Waals surface area contributed by atoms with Crippen molar-refractivity contribution in [2.45, 2.75) is 63.3 Å². The fourth-order valence-corrected chi connectivity index (χ4v) is 6.29. The highest BCUT2D eigenvalue weighted by molar-refractivity contribution is 7.20. The highest BCUT2D eigenvalue weighted by Crippen LogP contribution is 2.41. The minimum absolute atomic E-state index is 0.691. The van der Waals surface area contributed by atoms with Crippen LogP contribution in [0.3, 0.4) is 0 Å². The summed E-state index contributed by atoms with van der Waals surface area (Å²) in [5.41, 5.74) is -30.2. The second kappa shape index (κ2) is 17.1. The van der Waals surface area contributed by atoms with Crippen molar-refractivity contribution in [1.82, 2.24) is 0 Å². The summed E-state index contributed by atoms with van der Waals surface area (Å²) in [6, 6.07) is -8.81. The van der Waals surface area contributed by atoms with Crippen LogP contribution in [-0.4, -0.2) is 24.1 Å². The van der Waals surface area contributed by atoms with Gasteiger partial charge >= 0.3 is 49.4 Å². The smallest absolute Gasteiger partial charge is 0.416 e. The van der Waals surface area contributed by atoms with Crippen molar-refractivity contribution in [3.8, 4) is 0 Å². The number of rotatable bonds is 6. The molecule has 0 unspecified atom stereocenters. The van der Waals surface area contributed by atoms with E-state index in [-0.39, 0.29) is 0 Å². The average molecular weight is 938 g/mol. The zero-order chi connectivity index (χ0) is 48.0. The van der Waals surface area contributed by atoms with E-state index in [2.05, 4.69) is 4.74 Å². The SMILES string of the molecule is CC[OH+]CC.FC(F)(F)c1cc([B-](c2cc(C(F)(F)F)cc(C(F)(F)F)c2)(c2cc(C(F)(F)F)cc(C(F)(F)F)c2)c2cc(C(F)(F)F)cc(C(F)(F)F)c2)cc(C(F)(F)F)c1. The number of benzene rings is 4. The molecule has 4 rings (SSSR count). The highest BCUT2D eigenvalue weighted by Gasteiger charge is 2.47. The Morgan fingerprint density at radius 1 is 0.274 bits per heavy atom. The molecule has 0 bridgehead atoms. The molecule has 0 saturated carbocycles. The van der Waals surface area contributed by atoms with Crippen LogP contribution in [0.2, 0.25) is 0 Å². The van der Waals surface area contributed by atoms with Crippen molar-refractivity contribution in [1.29, 1.82) is 0 Å². The Morgan fingerprint density at radius 2 is 0.403 bits per heavy atom. The normalized spacial score (nSPS) is 13.8. The number of halogens is 24. The largest absolute Gasteiger partial charge is 0.434 e. The molecule has 0 aliphatic carbocycles. The lowest BCUT2D eigenvalue weighted by Gasteiger charge is -2.46. The topological polar surface area (TPSA) is 12.8 Å². The standard InChI is InChI=1S/C32H12BF24.C4H10O/c34-25(35,36)13-1-14(26(37,38)39)6-21(5-13)33(22-7-15(27(40,41)42)2-16(8-22)28(43,44)45,23-9-17(29(46,47)48)3-18(10-23)30(49,50)51)24-11-19(31(52,53)54)4-20(12-24)32(55,56)57;1-3-5-4-2/h1-12H;3-4H2,1-2H3/q-1;/p+1. The van der Waals surface area contributed by atoms with Gasteiger partial charge in [0.25, 0.3) is 0 Å². The van der Waals surface area contributed by atoms with Crippen molar-refractivity contribution in [3.05, 3.63) is 117 Å². The van der Waals surface area contributed by atoms with Crippen LogP contribution in [0.1, 0.15) is 58.4 Å². The summed E-state index contributed by atoms with van der Waals surface area (Å²) in [6.45, 7) is 6.03. The van der Waals surface area contributed by atoms with Crippen molar-refractivity contribution < 1.29 is 110 Å². The van der Waals surface area contributed by atoms with Crippen LogP contribution in [-0.2, 0) is 49.4 Å². The molecule has 1 N–H and O–H groups in total. The third-order valence-corrected chi connectivity index (χ3v) is 8.89. The minimum Gasteiger partial charge on any atom is -0.434 e. The molecule has 0 aliphatic heterocycles. The van der Waals surface area contributed by atoms with Gasteiger partial charge in [0.15, 0.2) is 0 Å². The summed E-state index contributed by atoms with van der Waals surface area (Å²) in [6.07, 6.45) is -54.8. The Labute approximate surface area is 332 Å². The van der Waals surface area contributed by atoms with Crippen LogP contribution in [0, 0.1) is 0 Å². The van der Waals surface area contributed by atoms with Gasteiger partial charge in [-0.25, -0.2) is 0 Å². The summed E-state index contributed by atoms with van der Waals surface area (Å²) in [4.78, 5) is 0. The van der Waals surface area contributed by atoms with Crippen LogP contribution < -0.4 is 21.9 Å². The molecule has 0 saturated heterocycles. The van der Waals surface area contributed by atoms with E-state index < -0.39 is 195 Å². The molecule has 0 fully saturated rings. The quantitative estimate of drug-likeness (QED) is 0.104. The van der Waals surface area contributed by atoms with E-state index in [1.807, 2.05) is 13.8 Å². The number of hydrogen-bond acceptors (Lipinski definition) is 0. The van der Waals surface area contributed by atoms with Gasteiger partial charge in [0.2, 0.25) is 0 Å². The molecule has 4 aromatic carbocycles. The third kappa shape index (κ3) is 11.8. The van der Waals surface area contributed by atoms with Crippen LogP contribution in [0.25, 0.3) is 0 Å². The summed E-state index contributed by atoms with van der Waals surface area (Å²) >= 11 is 0. The van der Waals surface area contributed by atoms with Gasteiger partial charge in [-0.15, -0.1) is 0 Å². The fraction of sp³-hybridized carbons (Fsp3) is 0.333. The van der Waals surface area contributed by atoms with E-state index in [4.69, 9.17) is 0 Å². The first kappa shape index (κ1) is 51.6. The van der Waals surface area contributed by atoms with E-state index in [1.165, 1.54) is 0 Å². The summed E-state index contributed by atoms with van der Waals surface area (Å²) in [5, 5.41) is 0. The minimum atomic E-state index is -6.13. The van der Waals surface area contributed by atoms with Crippen LogP contribution in [0.15, 0.2) is 72.8 Å². The lowest BCUT2D eigenvalue weighted by molar-refractivity contribution is -0.144. The van der Waals surface area contributed by atoms with Gasteiger partial charge in [-0.1, -0.05) is 48.5 Å². The van der Waals surface area contributed by atoms with Crippen molar-refractivity contribution in [3.63, 3.8) is 0 Å². The summed E-state index contributed by atoms with van der Waals surface area (Å²) in [7, 11) is 0. The Morgan fingerprint density at radius 3 is 0.484 bits per heavy atom. The third-order valence-electron chi connectivity index (χ3n) is 8.89. The van der Waals surface area contributed by atoms with Gasteiger partial charge in [-0.3, -0.25) is 0 Å². The van der Waals surface area contributed by atoms with Crippen molar-refractivity contribution in [2.24, 2.45) is 0 Å². The van der Waals surface area contributed by atoms with E-state index in [0.29, 0.717) is 0 Å². The van der Waals surface area contributed by atoms with E-state index in [0.717, 1.165) is 13.2 Å². The first-order chi connectivity index (χ1) is 27.7. The maximum Gasteiger partial charge on any atom is 0.416 e. The molecule has 0 aromatic heterocycles. The monoisotopic (exact) mass is 938 g/mol. The first-order valence-corrected chi connectivity index (χ1v) is 16.7. The molecular formula is C36H23BF24O. The molecule has 62 heavy (non-hydrogen) atoms. The molecule has 1 nitrogen and oxygen atoms in total. The summed E-state index contributed by atoms with van der Waals surface area (Å²) < 4.78 is 345. The van der Waals surface area contributed by atoms with Gasteiger partial charge in [0.1, 0.15) is 19.4 Å². The van der Waals surface area contributed by atoms with E-state index >= 15 is 0 Å². The highest BCUT2D eigenvalue weighted by atomic mass is 19.4. The fourth-order valence-electron chi connectivity index (χ4n) is 6.29. The zero-order valence-electron chi connectivity index (χ0n) is 30.4. The molecule has 0 radical (unpaired) electrons. The maximum atomic E-state index is 14.2. The number of alkyl halides is 24. The molecule has 26 heteroatoms. The van der Waals surface area contributed by atoms with Gasteiger partial charge in [0, 0.05) is 13.8 Å². The van der Waals surface area contributed by atoms with Gasteiger partial charge < -0.3 is 4.74 Å². The second-order valence-electron chi connectivity index (χ2n) is 13.1. The van der Waals surface area contributed by atoms with Crippen molar-refractivity contribution in [2.75, 3.05) is 13.2 Å². The van der Waals surface area contributed by atoms with E-state index in [1.54, 1.807) is 0 Å². The number of ether oxygens (including phenoxy) is 1.